The smallest absolute Gasteiger partial charge is 0.337 e. The Bertz CT molecular complexity index is 562. The summed E-state index contributed by atoms with van der Waals surface area (Å²) < 4.78 is 0. The first-order chi connectivity index (χ1) is 8.41. The minimum Gasteiger partial charge on any atom is -0.478 e. The second-order valence-electron chi connectivity index (χ2n) is 4.40. The highest BCUT2D eigenvalue weighted by atomic mass is 16.4. The minimum absolute atomic E-state index is 0.0383. The largest absolute Gasteiger partial charge is 0.478 e. The Hall–Kier alpha value is -2.17. The standard InChI is InChI=1S/C13H13NO4/c1-7-3-4-10(13(17)18)12(8(7)2)14-6-9(15)5-11(14)16/h3-4H,5-6H2,1-2H3,(H,17,18). The average Bonchev–Trinajstić information content (AvgIpc) is 2.61. The van der Waals surface area contributed by atoms with Gasteiger partial charge in [0.1, 0.15) is 0 Å². The number of nitrogens with zero attached hydrogens (tertiary/aromatic N) is 1. The van der Waals surface area contributed by atoms with Crippen LogP contribution in [0.2, 0.25) is 0 Å². The number of hydrogen-bond acceptors (Lipinski definition) is 3. The maximum absolute atomic E-state index is 11.7. The molecule has 1 N–H and O–H groups in total. The maximum atomic E-state index is 11.7. The SMILES string of the molecule is Cc1ccc(C(=O)O)c(N2CC(=O)CC2=O)c1C. The van der Waals surface area contributed by atoms with Gasteiger partial charge in [-0.15, -0.1) is 0 Å². The van der Waals surface area contributed by atoms with Crippen molar-refractivity contribution in [3.8, 4) is 0 Å². The molecule has 0 saturated carbocycles. The molecule has 2 rings (SSSR count). The fourth-order valence-corrected chi connectivity index (χ4v) is 2.11. The predicted molar refractivity (Wildman–Crippen MR) is 64.9 cm³/mol. The van der Waals surface area contributed by atoms with Gasteiger partial charge in [0.15, 0.2) is 5.78 Å². The molecule has 18 heavy (non-hydrogen) atoms. The lowest BCUT2D eigenvalue weighted by Gasteiger charge is -2.21. The number of rotatable bonds is 2. The summed E-state index contributed by atoms with van der Waals surface area (Å²) in [5.41, 5.74) is 2.01. The van der Waals surface area contributed by atoms with Crippen molar-refractivity contribution in [3.05, 3.63) is 28.8 Å². The molecular weight excluding hydrogens is 234 g/mol. The summed E-state index contributed by atoms with van der Waals surface area (Å²) in [6.45, 7) is 3.56. The minimum atomic E-state index is -1.10. The van der Waals surface area contributed by atoms with Gasteiger partial charge in [0.05, 0.1) is 24.2 Å². The van der Waals surface area contributed by atoms with Crippen molar-refractivity contribution in [3.63, 3.8) is 0 Å². The quantitative estimate of drug-likeness (QED) is 0.799. The second-order valence-corrected chi connectivity index (χ2v) is 4.40. The molecule has 0 radical (unpaired) electrons. The van der Waals surface area contributed by atoms with E-state index in [2.05, 4.69) is 0 Å². The summed E-state index contributed by atoms with van der Waals surface area (Å²) in [6, 6.07) is 3.17. The van der Waals surface area contributed by atoms with Gasteiger partial charge >= 0.3 is 5.97 Å². The van der Waals surface area contributed by atoms with Gasteiger partial charge in [0.2, 0.25) is 5.91 Å². The Balaban J connectivity index is 2.61. The van der Waals surface area contributed by atoms with E-state index in [9.17, 15) is 19.5 Å². The van der Waals surface area contributed by atoms with E-state index in [4.69, 9.17) is 0 Å². The van der Waals surface area contributed by atoms with Gasteiger partial charge in [0, 0.05) is 0 Å². The van der Waals surface area contributed by atoms with E-state index >= 15 is 0 Å². The molecule has 5 nitrogen and oxygen atoms in total. The van der Waals surface area contributed by atoms with E-state index in [-0.39, 0.29) is 30.2 Å². The molecule has 1 aromatic rings. The zero-order valence-corrected chi connectivity index (χ0v) is 10.2. The number of carbonyl (C=O) groups excluding carboxylic acids is 2. The highest BCUT2D eigenvalue weighted by molar-refractivity contribution is 6.17. The number of ketones is 1. The number of amides is 1. The number of Topliss-reactive ketones (excluding diaryl/α,β-unsaturated/α-hetero) is 1. The van der Waals surface area contributed by atoms with E-state index in [1.807, 2.05) is 6.92 Å². The van der Waals surface area contributed by atoms with Gasteiger partial charge in [0.25, 0.3) is 0 Å². The van der Waals surface area contributed by atoms with Crippen LogP contribution in [0.25, 0.3) is 0 Å². The van der Waals surface area contributed by atoms with E-state index in [1.165, 1.54) is 11.0 Å². The Morgan fingerprint density at radius 1 is 1.28 bits per heavy atom. The van der Waals surface area contributed by atoms with Crippen molar-refractivity contribution in [2.24, 2.45) is 0 Å². The number of aromatic carboxylic acids is 1. The van der Waals surface area contributed by atoms with Crippen molar-refractivity contribution in [2.75, 3.05) is 11.4 Å². The first-order valence-electron chi connectivity index (χ1n) is 5.57. The maximum Gasteiger partial charge on any atom is 0.337 e. The number of carboxylic acid groups (broad SMARTS) is 1. The molecule has 5 heteroatoms. The average molecular weight is 247 g/mol. The molecule has 0 aromatic heterocycles. The lowest BCUT2D eigenvalue weighted by Crippen LogP contribution is -2.27. The normalized spacial score (nSPS) is 15.3. The third kappa shape index (κ3) is 1.88. The summed E-state index contributed by atoms with van der Waals surface area (Å²) in [6.07, 6.45) is -0.146. The van der Waals surface area contributed by atoms with Crippen LogP contribution in [0.4, 0.5) is 5.69 Å². The van der Waals surface area contributed by atoms with Crippen LogP contribution in [-0.2, 0) is 9.59 Å². The highest BCUT2D eigenvalue weighted by Gasteiger charge is 2.32. The fourth-order valence-electron chi connectivity index (χ4n) is 2.11. The van der Waals surface area contributed by atoms with Crippen LogP contribution in [0, 0.1) is 13.8 Å². The summed E-state index contributed by atoms with van der Waals surface area (Å²) >= 11 is 0. The molecule has 1 heterocycles. The van der Waals surface area contributed by atoms with Gasteiger partial charge in [-0.2, -0.15) is 0 Å². The first kappa shape index (κ1) is 12.3. The van der Waals surface area contributed by atoms with Gasteiger partial charge in [-0.25, -0.2) is 4.79 Å². The third-order valence-corrected chi connectivity index (χ3v) is 3.19. The van der Waals surface area contributed by atoms with E-state index in [0.717, 1.165) is 11.1 Å². The Morgan fingerprint density at radius 3 is 2.44 bits per heavy atom. The number of hydrogen-bond donors (Lipinski definition) is 1. The van der Waals surface area contributed by atoms with Crippen molar-refractivity contribution < 1.29 is 19.5 Å². The van der Waals surface area contributed by atoms with Crippen molar-refractivity contribution >= 4 is 23.3 Å². The van der Waals surface area contributed by atoms with Crippen LogP contribution in [0.3, 0.4) is 0 Å². The van der Waals surface area contributed by atoms with Crippen molar-refractivity contribution in [2.45, 2.75) is 20.3 Å². The predicted octanol–water partition coefficient (Wildman–Crippen LogP) is 1.31. The van der Waals surface area contributed by atoms with Crippen LogP contribution >= 0.6 is 0 Å². The summed E-state index contributed by atoms with van der Waals surface area (Å²) in [7, 11) is 0. The molecule has 1 aromatic carbocycles. The monoisotopic (exact) mass is 247 g/mol. The van der Waals surface area contributed by atoms with Crippen LogP contribution in [0.5, 0.6) is 0 Å². The van der Waals surface area contributed by atoms with Gasteiger partial charge in [-0.3, -0.25) is 9.59 Å². The topological polar surface area (TPSA) is 74.7 Å². The molecule has 0 atom stereocenters. The molecule has 1 aliphatic rings. The van der Waals surface area contributed by atoms with Gasteiger partial charge in [-0.1, -0.05) is 6.07 Å². The molecule has 1 aliphatic heterocycles. The molecule has 1 saturated heterocycles. The van der Waals surface area contributed by atoms with Crippen LogP contribution < -0.4 is 4.90 Å². The Labute approximate surface area is 104 Å². The number of anilines is 1. The van der Waals surface area contributed by atoms with Crippen molar-refractivity contribution in [1.29, 1.82) is 0 Å². The zero-order chi connectivity index (χ0) is 13.4. The first-order valence-corrected chi connectivity index (χ1v) is 5.57. The number of aryl methyl sites for hydroxylation is 1. The molecule has 1 amide bonds. The molecular formula is C13H13NO4. The Kier molecular flexibility index (Phi) is 2.90. The zero-order valence-electron chi connectivity index (χ0n) is 10.2. The summed E-state index contributed by atoms with van der Waals surface area (Å²) in [5, 5.41) is 9.17. The number of carbonyl (C=O) groups is 3. The number of benzene rings is 1. The summed E-state index contributed by atoms with van der Waals surface area (Å²) in [4.78, 5) is 35.5. The van der Waals surface area contributed by atoms with Crippen LogP contribution in [0.1, 0.15) is 27.9 Å². The van der Waals surface area contributed by atoms with Crippen LogP contribution in [0.15, 0.2) is 12.1 Å². The van der Waals surface area contributed by atoms with Crippen LogP contribution in [-0.4, -0.2) is 29.3 Å². The lowest BCUT2D eigenvalue weighted by molar-refractivity contribution is -0.121. The van der Waals surface area contributed by atoms with Crippen molar-refractivity contribution in [1.82, 2.24) is 0 Å². The molecule has 0 aliphatic carbocycles. The van der Waals surface area contributed by atoms with E-state index in [0.29, 0.717) is 5.69 Å². The second kappa shape index (κ2) is 4.25. The fraction of sp³-hybridized carbons (Fsp3) is 0.308. The molecule has 94 valence electrons. The summed E-state index contributed by atoms with van der Waals surface area (Å²) in [5.74, 6) is -1.62. The van der Waals surface area contributed by atoms with Gasteiger partial charge < -0.3 is 10.0 Å². The highest BCUT2D eigenvalue weighted by Crippen LogP contribution is 2.30. The molecule has 0 unspecified atom stereocenters. The third-order valence-electron chi connectivity index (χ3n) is 3.19. The molecule has 0 spiro atoms. The number of carboxylic acids is 1. The lowest BCUT2D eigenvalue weighted by atomic mass is 10.0. The Morgan fingerprint density at radius 2 is 1.94 bits per heavy atom. The molecule has 1 fully saturated rings. The van der Waals surface area contributed by atoms with Gasteiger partial charge in [-0.05, 0) is 31.0 Å². The molecule has 0 bridgehead atoms. The van der Waals surface area contributed by atoms with E-state index < -0.39 is 5.97 Å². The van der Waals surface area contributed by atoms with E-state index in [1.54, 1.807) is 13.0 Å².